The van der Waals surface area contributed by atoms with Gasteiger partial charge in [0, 0.05) is 12.1 Å². The average Bonchev–Trinajstić information content (AvgIpc) is 2.44. The number of halogens is 3. The van der Waals surface area contributed by atoms with E-state index in [2.05, 4.69) is 15.4 Å². The predicted octanol–water partition coefficient (Wildman–Crippen LogP) is 1.11. The summed E-state index contributed by atoms with van der Waals surface area (Å²) in [6.07, 6.45) is -4.38. The fourth-order valence-corrected chi connectivity index (χ4v) is 1.37. The molecule has 0 aliphatic carbocycles. The van der Waals surface area contributed by atoms with Crippen molar-refractivity contribution in [2.45, 2.75) is 6.18 Å². The molecule has 0 atom stereocenters. The minimum absolute atomic E-state index is 0.0594. The van der Waals surface area contributed by atoms with Gasteiger partial charge in [-0.1, -0.05) is 18.2 Å². The summed E-state index contributed by atoms with van der Waals surface area (Å²) in [4.78, 5) is 22.9. The van der Waals surface area contributed by atoms with Gasteiger partial charge in [0.25, 0.3) is 5.91 Å². The van der Waals surface area contributed by atoms with Crippen molar-refractivity contribution < 1.29 is 27.5 Å². The summed E-state index contributed by atoms with van der Waals surface area (Å²) in [6.45, 7) is -1.92. The largest absolute Gasteiger partial charge is 0.411 e. The molecule has 8 heteroatoms. The fourth-order valence-electron chi connectivity index (χ4n) is 1.37. The normalized spacial score (nSPS) is 11.0. The molecule has 0 radical (unpaired) electrons. The van der Waals surface area contributed by atoms with E-state index in [0.717, 1.165) is 0 Å². The summed E-state index contributed by atoms with van der Waals surface area (Å²) in [5.74, 6) is -0.908. The van der Waals surface area contributed by atoms with Crippen LogP contribution in [0.5, 0.6) is 0 Å². The van der Waals surface area contributed by atoms with E-state index in [1.165, 1.54) is 0 Å². The van der Waals surface area contributed by atoms with Crippen LogP contribution in [0.25, 0.3) is 0 Å². The van der Waals surface area contributed by atoms with Crippen LogP contribution in [-0.4, -0.2) is 44.3 Å². The second kappa shape index (κ2) is 8.25. The lowest BCUT2D eigenvalue weighted by molar-refractivity contribution is -0.173. The van der Waals surface area contributed by atoms with E-state index in [1.54, 1.807) is 30.3 Å². The van der Waals surface area contributed by atoms with E-state index in [-0.39, 0.29) is 19.7 Å². The second-order valence-corrected chi connectivity index (χ2v) is 4.07. The second-order valence-electron chi connectivity index (χ2n) is 4.07. The van der Waals surface area contributed by atoms with Crippen LogP contribution in [0, 0.1) is 0 Å². The van der Waals surface area contributed by atoms with Crippen molar-refractivity contribution in [2.75, 3.05) is 26.3 Å². The van der Waals surface area contributed by atoms with Crippen LogP contribution in [-0.2, 0) is 9.53 Å². The van der Waals surface area contributed by atoms with Gasteiger partial charge in [0.05, 0.1) is 13.2 Å². The highest BCUT2D eigenvalue weighted by atomic mass is 19.4. The van der Waals surface area contributed by atoms with E-state index < -0.39 is 24.6 Å². The van der Waals surface area contributed by atoms with Crippen LogP contribution in [0.3, 0.4) is 0 Å². The lowest BCUT2D eigenvalue weighted by atomic mass is 10.2. The highest BCUT2D eigenvalue weighted by molar-refractivity contribution is 5.96. The zero-order chi connectivity index (χ0) is 15.7. The van der Waals surface area contributed by atoms with Gasteiger partial charge < -0.3 is 15.4 Å². The SMILES string of the molecule is O=C(CNC(=O)c1ccccc1)NCCOCC(F)(F)F. The number of carbonyl (C=O) groups excluding carboxylic acids is 2. The van der Waals surface area contributed by atoms with Crippen molar-refractivity contribution in [3.63, 3.8) is 0 Å². The van der Waals surface area contributed by atoms with Gasteiger partial charge in [-0.2, -0.15) is 13.2 Å². The highest BCUT2D eigenvalue weighted by Gasteiger charge is 2.27. The van der Waals surface area contributed by atoms with Gasteiger partial charge in [-0.05, 0) is 12.1 Å². The van der Waals surface area contributed by atoms with E-state index in [1.807, 2.05) is 0 Å². The molecule has 0 heterocycles. The minimum Gasteiger partial charge on any atom is -0.370 e. The third kappa shape index (κ3) is 7.93. The molecule has 0 aliphatic heterocycles. The van der Waals surface area contributed by atoms with Crippen LogP contribution < -0.4 is 10.6 Å². The van der Waals surface area contributed by atoms with E-state index in [9.17, 15) is 22.8 Å². The number of hydrogen-bond donors (Lipinski definition) is 2. The smallest absolute Gasteiger partial charge is 0.370 e. The van der Waals surface area contributed by atoms with Gasteiger partial charge in [0.15, 0.2) is 0 Å². The number of benzene rings is 1. The van der Waals surface area contributed by atoms with Crippen molar-refractivity contribution in [3.05, 3.63) is 35.9 Å². The Balaban J connectivity index is 2.13. The monoisotopic (exact) mass is 304 g/mol. The zero-order valence-electron chi connectivity index (χ0n) is 11.1. The summed E-state index contributed by atoms with van der Waals surface area (Å²) >= 11 is 0. The fraction of sp³-hybridized carbons (Fsp3) is 0.385. The maximum absolute atomic E-state index is 11.8. The Kier molecular flexibility index (Phi) is 6.67. The van der Waals surface area contributed by atoms with Crippen molar-refractivity contribution in [1.82, 2.24) is 10.6 Å². The van der Waals surface area contributed by atoms with Crippen LogP contribution in [0.2, 0.25) is 0 Å². The Labute approximate surface area is 119 Å². The third-order valence-electron chi connectivity index (χ3n) is 2.28. The molecule has 0 fully saturated rings. The summed E-state index contributed by atoms with van der Waals surface area (Å²) in [5, 5.41) is 4.72. The molecular weight excluding hydrogens is 289 g/mol. The van der Waals surface area contributed by atoms with Crippen LogP contribution >= 0.6 is 0 Å². The first-order valence-corrected chi connectivity index (χ1v) is 6.13. The van der Waals surface area contributed by atoms with Gasteiger partial charge in [-0.25, -0.2) is 0 Å². The zero-order valence-corrected chi connectivity index (χ0v) is 11.1. The molecule has 21 heavy (non-hydrogen) atoms. The molecule has 2 amide bonds. The van der Waals surface area contributed by atoms with Gasteiger partial charge in [0.1, 0.15) is 6.61 Å². The van der Waals surface area contributed by atoms with Crippen molar-refractivity contribution in [3.8, 4) is 0 Å². The summed E-state index contributed by atoms with van der Waals surface area (Å²) < 4.78 is 39.6. The van der Waals surface area contributed by atoms with Crippen LogP contribution in [0.1, 0.15) is 10.4 Å². The minimum atomic E-state index is -4.38. The molecule has 0 spiro atoms. The van der Waals surface area contributed by atoms with Crippen molar-refractivity contribution in [2.24, 2.45) is 0 Å². The predicted molar refractivity (Wildman–Crippen MR) is 68.7 cm³/mol. The standard InChI is InChI=1S/C13H15F3N2O3/c14-13(15,16)9-21-7-6-17-11(19)8-18-12(20)10-4-2-1-3-5-10/h1-5H,6-9H2,(H,17,19)(H,18,20). The number of carbonyl (C=O) groups is 2. The van der Waals surface area contributed by atoms with E-state index in [0.29, 0.717) is 5.56 Å². The van der Waals surface area contributed by atoms with Crippen LogP contribution in [0.4, 0.5) is 13.2 Å². The quantitative estimate of drug-likeness (QED) is 0.742. The Morgan fingerprint density at radius 3 is 2.38 bits per heavy atom. The third-order valence-corrected chi connectivity index (χ3v) is 2.28. The molecule has 5 nitrogen and oxygen atoms in total. The van der Waals surface area contributed by atoms with Gasteiger partial charge >= 0.3 is 6.18 Å². The Hall–Kier alpha value is -2.09. The first kappa shape index (κ1) is 17.0. The molecule has 0 unspecified atom stereocenters. The van der Waals surface area contributed by atoms with E-state index in [4.69, 9.17) is 0 Å². The molecule has 0 saturated carbocycles. The maximum Gasteiger partial charge on any atom is 0.411 e. The van der Waals surface area contributed by atoms with Crippen molar-refractivity contribution >= 4 is 11.8 Å². The number of alkyl halides is 3. The number of nitrogens with one attached hydrogen (secondary N) is 2. The van der Waals surface area contributed by atoms with Gasteiger partial charge in [-0.15, -0.1) is 0 Å². The Morgan fingerprint density at radius 1 is 1.10 bits per heavy atom. The molecule has 0 bridgehead atoms. The maximum atomic E-state index is 11.8. The van der Waals surface area contributed by atoms with Crippen molar-refractivity contribution in [1.29, 1.82) is 0 Å². The summed E-state index contributed by atoms with van der Waals surface area (Å²) in [5.41, 5.74) is 0.416. The van der Waals surface area contributed by atoms with E-state index >= 15 is 0 Å². The topological polar surface area (TPSA) is 67.4 Å². The Bertz CT molecular complexity index is 463. The van der Waals surface area contributed by atoms with Gasteiger partial charge in [0.2, 0.25) is 5.91 Å². The summed E-state index contributed by atoms with van der Waals surface area (Å²) in [7, 11) is 0. The summed E-state index contributed by atoms with van der Waals surface area (Å²) in [6, 6.07) is 8.32. The first-order chi connectivity index (χ1) is 9.88. The number of amides is 2. The molecular formula is C13H15F3N2O3. The number of hydrogen-bond acceptors (Lipinski definition) is 3. The molecule has 116 valence electrons. The first-order valence-electron chi connectivity index (χ1n) is 6.13. The lowest BCUT2D eigenvalue weighted by Crippen LogP contribution is -2.38. The molecule has 2 N–H and O–H groups in total. The molecule has 1 rings (SSSR count). The lowest BCUT2D eigenvalue weighted by Gasteiger charge is -2.09. The Morgan fingerprint density at radius 2 is 1.76 bits per heavy atom. The van der Waals surface area contributed by atoms with Crippen LogP contribution in [0.15, 0.2) is 30.3 Å². The highest BCUT2D eigenvalue weighted by Crippen LogP contribution is 2.13. The molecule has 0 saturated heterocycles. The number of rotatable bonds is 7. The number of ether oxygens (including phenoxy) is 1. The average molecular weight is 304 g/mol. The van der Waals surface area contributed by atoms with Gasteiger partial charge in [-0.3, -0.25) is 9.59 Å². The molecule has 0 aliphatic rings. The molecule has 0 aromatic heterocycles. The molecule has 1 aromatic rings. The molecule has 1 aromatic carbocycles.